The molecule has 0 fully saturated rings. The van der Waals surface area contributed by atoms with Crippen LogP contribution in [0.15, 0.2) is 60.7 Å². The van der Waals surface area contributed by atoms with Gasteiger partial charge in [0.25, 0.3) is 0 Å². The van der Waals surface area contributed by atoms with E-state index in [1.54, 1.807) is 0 Å². The van der Waals surface area contributed by atoms with Gasteiger partial charge in [-0.05, 0) is 59.8 Å². The summed E-state index contributed by atoms with van der Waals surface area (Å²) in [6, 6.07) is 22.2. The average Bonchev–Trinajstić information content (AvgIpc) is 2.92. The highest BCUT2D eigenvalue weighted by Crippen LogP contribution is 2.48. The van der Waals surface area contributed by atoms with E-state index in [1.807, 2.05) is 0 Å². The van der Waals surface area contributed by atoms with Gasteiger partial charge in [0, 0.05) is 0 Å². The Morgan fingerprint density at radius 1 is 0.472 bits per heavy atom. The topological polar surface area (TPSA) is 24.1 Å². The number of hydrogen-bond acceptors (Lipinski definition) is 6. The summed E-state index contributed by atoms with van der Waals surface area (Å²) in [7, 11) is 0. The van der Waals surface area contributed by atoms with Crippen LogP contribution in [0.25, 0.3) is 0 Å². The van der Waals surface area contributed by atoms with E-state index < -0.39 is 0 Å². The molecule has 2 rings (SSSR count). The quantitative estimate of drug-likeness (QED) is 0.0889. The fourth-order valence-electron chi connectivity index (χ4n) is 3.63. The molecule has 0 spiro atoms. The molecule has 202 valence electrons. The van der Waals surface area contributed by atoms with E-state index in [2.05, 4.69) is 146 Å². The summed E-state index contributed by atoms with van der Waals surface area (Å²) < 4.78 is -0.468. The van der Waals surface area contributed by atoms with Gasteiger partial charge >= 0.3 is 0 Å². The first-order valence-electron chi connectivity index (χ1n) is 13.9. The number of thioether (sulfide) groups is 4. The summed E-state index contributed by atoms with van der Waals surface area (Å²) in [6.07, 6.45) is 9.81. The summed E-state index contributed by atoms with van der Waals surface area (Å²) in [5.41, 5.74) is 10.7. The molecule has 2 aromatic rings. The molecule has 36 heavy (non-hydrogen) atoms. The number of hydrazine groups is 1. The predicted octanol–water partition coefficient (Wildman–Crippen LogP) is 9.83. The van der Waals surface area contributed by atoms with Crippen LogP contribution in [0.5, 0.6) is 0 Å². The van der Waals surface area contributed by atoms with Crippen molar-refractivity contribution >= 4 is 47.0 Å². The minimum Gasteiger partial charge on any atom is -0.226 e. The second kappa shape index (κ2) is 18.9. The number of hydrogen-bond donors (Lipinski definition) is 2. The Balaban J connectivity index is 2.45. The number of nitrogens with one attached hydrogen (secondary N) is 2. The molecule has 0 bridgehead atoms. The van der Waals surface area contributed by atoms with E-state index in [1.165, 1.54) is 62.5 Å². The van der Waals surface area contributed by atoms with Crippen molar-refractivity contribution in [1.82, 2.24) is 10.9 Å². The third-order valence-corrected chi connectivity index (χ3v) is 12.3. The normalized spacial score (nSPS) is 12.2. The summed E-state index contributed by atoms with van der Waals surface area (Å²) in [6.45, 7) is 9.15. The predicted molar refractivity (Wildman–Crippen MR) is 172 cm³/mol. The summed E-state index contributed by atoms with van der Waals surface area (Å²) in [5.74, 6) is 4.57. The lowest BCUT2D eigenvalue weighted by Gasteiger charge is -2.41. The van der Waals surface area contributed by atoms with Crippen molar-refractivity contribution in [2.75, 3.05) is 23.0 Å². The second-order valence-electron chi connectivity index (χ2n) is 9.02. The van der Waals surface area contributed by atoms with Gasteiger partial charge in [-0.3, -0.25) is 0 Å². The van der Waals surface area contributed by atoms with Crippen molar-refractivity contribution < 1.29 is 0 Å². The molecular formula is C30H48N2S4. The monoisotopic (exact) mass is 564 g/mol. The molecule has 6 heteroatoms. The molecule has 2 nitrogen and oxygen atoms in total. The van der Waals surface area contributed by atoms with E-state index >= 15 is 0 Å². The van der Waals surface area contributed by atoms with Crippen molar-refractivity contribution in [1.29, 1.82) is 0 Å². The highest BCUT2D eigenvalue weighted by molar-refractivity contribution is 8.18. The second-order valence-corrected chi connectivity index (χ2v) is 14.8. The van der Waals surface area contributed by atoms with E-state index in [4.69, 9.17) is 0 Å². The van der Waals surface area contributed by atoms with Gasteiger partial charge < -0.3 is 0 Å². The lowest BCUT2D eigenvalue weighted by molar-refractivity contribution is 0.465. The lowest BCUT2D eigenvalue weighted by Crippen LogP contribution is -2.53. The SMILES string of the molecule is CCCCSC(NNC(SCCCC)(SCCCC)c1ccccc1)(SCCCC)c1ccccc1. The highest BCUT2D eigenvalue weighted by atomic mass is 32.2. The Bertz CT molecular complexity index is 701. The van der Waals surface area contributed by atoms with Crippen LogP contribution in [-0.4, -0.2) is 23.0 Å². The molecule has 0 amide bonds. The molecule has 0 aliphatic carbocycles. The fourth-order valence-corrected chi connectivity index (χ4v) is 9.88. The van der Waals surface area contributed by atoms with Gasteiger partial charge in [0.2, 0.25) is 0 Å². The van der Waals surface area contributed by atoms with Crippen LogP contribution in [0.2, 0.25) is 0 Å². The number of benzene rings is 2. The summed E-state index contributed by atoms with van der Waals surface area (Å²) >= 11 is 8.24. The molecule has 0 unspecified atom stereocenters. The Morgan fingerprint density at radius 3 is 1.00 bits per heavy atom. The molecule has 0 radical (unpaired) electrons. The van der Waals surface area contributed by atoms with E-state index in [-0.39, 0.29) is 8.41 Å². The Labute approximate surface area is 239 Å². The number of unbranched alkanes of at least 4 members (excludes halogenated alkanes) is 4. The average molecular weight is 565 g/mol. The van der Waals surface area contributed by atoms with Gasteiger partial charge in [0.15, 0.2) is 0 Å². The van der Waals surface area contributed by atoms with Crippen molar-refractivity contribution in [3.05, 3.63) is 71.8 Å². The number of rotatable bonds is 21. The van der Waals surface area contributed by atoms with Crippen molar-refractivity contribution in [2.24, 2.45) is 0 Å². The van der Waals surface area contributed by atoms with Gasteiger partial charge in [-0.2, -0.15) is 0 Å². The molecule has 2 N–H and O–H groups in total. The van der Waals surface area contributed by atoms with Gasteiger partial charge in [0.05, 0.1) is 0 Å². The maximum Gasteiger partial charge on any atom is 0.150 e. The van der Waals surface area contributed by atoms with Gasteiger partial charge in [-0.25, -0.2) is 10.9 Å². The largest absolute Gasteiger partial charge is 0.226 e. The molecule has 0 atom stereocenters. The van der Waals surface area contributed by atoms with E-state index in [0.717, 1.165) is 23.0 Å². The van der Waals surface area contributed by atoms with E-state index in [9.17, 15) is 0 Å². The molecular weight excluding hydrogens is 517 g/mol. The molecule has 2 aromatic carbocycles. The first-order valence-corrected chi connectivity index (χ1v) is 17.8. The summed E-state index contributed by atoms with van der Waals surface area (Å²) in [5, 5.41) is 0. The van der Waals surface area contributed by atoms with Crippen molar-refractivity contribution in [2.45, 2.75) is 87.5 Å². The Kier molecular flexibility index (Phi) is 16.8. The lowest BCUT2D eigenvalue weighted by atomic mass is 10.2. The van der Waals surface area contributed by atoms with Crippen LogP contribution in [0.1, 0.15) is 90.2 Å². The fraction of sp³-hybridized carbons (Fsp3) is 0.600. The zero-order valence-electron chi connectivity index (χ0n) is 22.9. The third kappa shape index (κ3) is 10.5. The minimum atomic E-state index is -0.234. The maximum atomic E-state index is 3.99. The smallest absolute Gasteiger partial charge is 0.150 e. The standard InChI is InChI=1S/C30H48N2S4/c1-5-9-23-33-29(34-24-10-6-2,27-19-15-13-16-20-27)31-32-30(35-25-11-7-3,36-26-12-8-4)28-21-17-14-18-22-28/h13-22,31-32H,5-12,23-26H2,1-4H3. The van der Waals surface area contributed by atoms with Crippen LogP contribution in [0, 0.1) is 0 Å². The molecule has 0 aromatic heterocycles. The van der Waals surface area contributed by atoms with E-state index in [0.29, 0.717) is 0 Å². The molecule has 0 aliphatic heterocycles. The maximum absolute atomic E-state index is 3.99. The third-order valence-electron chi connectivity index (χ3n) is 5.91. The molecule has 0 heterocycles. The Morgan fingerprint density at radius 2 is 0.750 bits per heavy atom. The van der Waals surface area contributed by atoms with Crippen LogP contribution < -0.4 is 10.9 Å². The highest BCUT2D eigenvalue weighted by Gasteiger charge is 2.39. The molecule has 0 aliphatic rings. The molecule has 0 saturated heterocycles. The summed E-state index contributed by atoms with van der Waals surface area (Å²) in [4.78, 5) is 0. The van der Waals surface area contributed by atoms with Crippen LogP contribution in [-0.2, 0) is 8.41 Å². The van der Waals surface area contributed by atoms with Crippen molar-refractivity contribution in [3.63, 3.8) is 0 Å². The zero-order chi connectivity index (χ0) is 26.0. The first-order chi connectivity index (χ1) is 17.7. The minimum absolute atomic E-state index is 0.234. The Hall–Kier alpha value is -0.240. The first kappa shape index (κ1) is 32.0. The van der Waals surface area contributed by atoms with Gasteiger partial charge in [0.1, 0.15) is 8.41 Å². The van der Waals surface area contributed by atoms with Crippen LogP contribution >= 0.6 is 47.0 Å². The van der Waals surface area contributed by atoms with Crippen LogP contribution in [0.4, 0.5) is 0 Å². The van der Waals surface area contributed by atoms with Crippen LogP contribution in [0.3, 0.4) is 0 Å². The van der Waals surface area contributed by atoms with Gasteiger partial charge in [-0.1, -0.05) is 114 Å². The zero-order valence-corrected chi connectivity index (χ0v) is 26.2. The van der Waals surface area contributed by atoms with Crippen molar-refractivity contribution in [3.8, 4) is 0 Å². The van der Waals surface area contributed by atoms with Gasteiger partial charge in [-0.15, -0.1) is 47.0 Å². The molecule has 0 saturated carbocycles.